The van der Waals surface area contributed by atoms with Crippen molar-refractivity contribution in [2.45, 2.75) is 107 Å². The molecule has 2 aliphatic carbocycles. The van der Waals surface area contributed by atoms with Crippen molar-refractivity contribution in [1.29, 1.82) is 0 Å². The molecular weight excluding hydrogens is 641 g/mol. The topological polar surface area (TPSA) is 108 Å². The van der Waals surface area contributed by atoms with Crippen LogP contribution in [0.4, 0.5) is 0 Å². The van der Waals surface area contributed by atoms with Gasteiger partial charge in [0.1, 0.15) is 23.6 Å². The first-order chi connectivity index (χ1) is 19.3. The van der Waals surface area contributed by atoms with Gasteiger partial charge in [0.25, 0.3) is 6.47 Å². The van der Waals surface area contributed by atoms with E-state index in [1.165, 1.54) is 0 Å². The molecule has 0 bridgehead atoms. The number of rotatable bonds is 10. The standard InChI is InChI=1S/C31H48INO8/c1-9-24-30(6,40-17-34)28(33(7)13-10-14-39-22-11-12-22)20(4)27(36)23(32)16-31(38-8)15-18(2)25(31)19(3)26(35)21(5)29(37)41-24/h15,17,19-25,28H,9-14,16H2,1-8H3/t19-,20+,21-,23-,24-,25-,28-,30-,31-/m1/s1. The molecule has 41 heavy (non-hydrogen) atoms. The number of ether oxygens (including phenoxy) is 4. The third-order valence-electron chi connectivity index (χ3n) is 9.49. The molecule has 0 N–H and O–H groups in total. The number of fused-ring (bicyclic) bond motifs is 1. The highest BCUT2D eigenvalue weighted by atomic mass is 127. The Morgan fingerprint density at radius 2 is 1.80 bits per heavy atom. The molecular formula is C31H48INO8. The van der Waals surface area contributed by atoms with E-state index in [9.17, 15) is 19.2 Å². The SMILES string of the molecule is CC[C@H]1OC(=O)[C@H](C)C(=O)[C@H](C)[C@H]2C(C)=C[C@@]2(OC)C[C@@H](I)C(=O)[C@H](C)[C@@H](N(C)CCCOC2CC2)[C@]1(C)OC=O. The van der Waals surface area contributed by atoms with Crippen molar-refractivity contribution >= 4 is 46.6 Å². The fraction of sp³-hybridized carbons (Fsp3) is 0.806. The van der Waals surface area contributed by atoms with Crippen molar-refractivity contribution in [2.24, 2.45) is 23.7 Å². The van der Waals surface area contributed by atoms with Crippen LogP contribution in [0, 0.1) is 23.7 Å². The van der Waals surface area contributed by atoms with Gasteiger partial charge in [-0.1, -0.05) is 55.0 Å². The van der Waals surface area contributed by atoms with Gasteiger partial charge in [-0.2, -0.15) is 0 Å². The van der Waals surface area contributed by atoms with Crippen molar-refractivity contribution in [3.63, 3.8) is 0 Å². The molecule has 0 aromatic heterocycles. The minimum absolute atomic E-state index is 0.0175. The number of esters is 1. The van der Waals surface area contributed by atoms with Gasteiger partial charge in [-0.05, 0) is 59.9 Å². The van der Waals surface area contributed by atoms with Crippen LogP contribution in [0.25, 0.3) is 0 Å². The third kappa shape index (κ3) is 7.07. The van der Waals surface area contributed by atoms with E-state index < -0.39 is 51.0 Å². The normalized spacial score (nSPS) is 38.8. The lowest BCUT2D eigenvalue weighted by atomic mass is 9.61. The Kier molecular flexibility index (Phi) is 11.6. The van der Waals surface area contributed by atoms with Crippen LogP contribution in [0.15, 0.2) is 11.6 Å². The number of halogens is 1. The van der Waals surface area contributed by atoms with Gasteiger partial charge in [-0.3, -0.25) is 24.1 Å². The molecule has 9 atom stereocenters. The molecule has 0 aromatic carbocycles. The van der Waals surface area contributed by atoms with E-state index in [2.05, 4.69) is 22.6 Å². The van der Waals surface area contributed by atoms with E-state index in [4.69, 9.17) is 18.9 Å². The number of Topliss-reactive ketones (excluding diaryl/α,β-unsaturated/α-hetero) is 2. The van der Waals surface area contributed by atoms with Crippen LogP contribution in [0.1, 0.15) is 73.6 Å². The van der Waals surface area contributed by atoms with Gasteiger partial charge < -0.3 is 18.9 Å². The summed E-state index contributed by atoms with van der Waals surface area (Å²) in [6, 6.07) is -0.614. The van der Waals surface area contributed by atoms with Crippen LogP contribution >= 0.6 is 22.6 Å². The van der Waals surface area contributed by atoms with Gasteiger partial charge in [0.05, 0.1) is 21.7 Å². The molecule has 3 aliphatic rings. The van der Waals surface area contributed by atoms with Crippen LogP contribution in [0.5, 0.6) is 0 Å². The first kappa shape index (κ1) is 34.1. The number of methoxy groups -OCH3 is 1. The summed E-state index contributed by atoms with van der Waals surface area (Å²) in [5.74, 6) is -3.30. The van der Waals surface area contributed by atoms with E-state index in [0.29, 0.717) is 38.6 Å². The first-order valence-corrected chi connectivity index (χ1v) is 16.1. The molecule has 232 valence electrons. The lowest BCUT2D eigenvalue weighted by Crippen LogP contribution is -2.63. The zero-order valence-electron chi connectivity index (χ0n) is 25.8. The number of cyclic esters (lactones) is 1. The predicted octanol–water partition coefficient (Wildman–Crippen LogP) is 4.32. The van der Waals surface area contributed by atoms with Crippen LogP contribution in [-0.2, 0) is 38.1 Å². The Balaban J connectivity index is 2.06. The highest BCUT2D eigenvalue weighted by molar-refractivity contribution is 14.1. The highest BCUT2D eigenvalue weighted by Gasteiger charge is 2.56. The lowest BCUT2D eigenvalue weighted by molar-refractivity contribution is -0.194. The number of carbonyl (C=O) groups is 4. The molecule has 9 nitrogen and oxygen atoms in total. The van der Waals surface area contributed by atoms with E-state index in [0.717, 1.165) is 24.8 Å². The average Bonchev–Trinajstić information content (AvgIpc) is 3.75. The second kappa shape index (κ2) is 13.9. The largest absolute Gasteiger partial charge is 0.458 e. The lowest BCUT2D eigenvalue weighted by Gasteiger charge is -2.50. The fourth-order valence-electron chi connectivity index (χ4n) is 7.16. The number of alkyl halides is 1. The number of ketones is 2. The molecule has 0 radical (unpaired) electrons. The summed E-state index contributed by atoms with van der Waals surface area (Å²) in [4.78, 5) is 55.2. The maximum absolute atomic E-state index is 14.2. The Morgan fingerprint density at radius 3 is 2.34 bits per heavy atom. The van der Waals surface area contributed by atoms with Gasteiger partial charge in [0.2, 0.25) is 0 Å². The monoisotopic (exact) mass is 689 g/mol. The molecule has 1 saturated carbocycles. The zero-order valence-corrected chi connectivity index (χ0v) is 28.0. The molecule has 0 amide bonds. The molecule has 1 aliphatic heterocycles. The predicted molar refractivity (Wildman–Crippen MR) is 163 cm³/mol. The second-order valence-electron chi connectivity index (χ2n) is 12.4. The molecule has 0 aromatic rings. The number of hydrogen-bond acceptors (Lipinski definition) is 9. The highest BCUT2D eigenvalue weighted by Crippen LogP contribution is 2.49. The van der Waals surface area contributed by atoms with Gasteiger partial charge in [-0.25, -0.2) is 0 Å². The molecule has 10 heteroatoms. The Bertz CT molecular complexity index is 1010. The van der Waals surface area contributed by atoms with Crippen LogP contribution in [0.2, 0.25) is 0 Å². The quantitative estimate of drug-likeness (QED) is 0.0631. The molecule has 0 spiro atoms. The van der Waals surface area contributed by atoms with Gasteiger partial charge in [0, 0.05) is 38.0 Å². The van der Waals surface area contributed by atoms with E-state index >= 15 is 0 Å². The van der Waals surface area contributed by atoms with Crippen molar-refractivity contribution in [3.8, 4) is 0 Å². The smallest absolute Gasteiger partial charge is 0.316 e. The van der Waals surface area contributed by atoms with E-state index in [-0.39, 0.29) is 17.5 Å². The Hall–Kier alpha value is -1.37. The molecule has 0 unspecified atom stereocenters. The van der Waals surface area contributed by atoms with Gasteiger partial charge in [-0.15, -0.1) is 0 Å². The Morgan fingerprint density at radius 1 is 1.15 bits per heavy atom. The first-order valence-electron chi connectivity index (χ1n) is 14.9. The number of likely N-dealkylation sites (N-methyl/N-ethyl adjacent to an activating group) is 1. The van der Waals surface area contributed by atoms with E-state index in [1.807, 2.05) is 45.7 Å². The average molecular weight is 690 g/mol. The maximum Gasteiger partial charge on any atom is 0.316 e. The summed E-state index contributed by atoms with van der Waals surface area (Å²) >= 11 is 2.18. The zero-order chi connectivity index (χ0) is 30.7. The van der Waals surface area contributed by atoms with Crippen LogP contribution in [-0.4, -0.2) is 89.6 Å². The van der Waals surface area contributed by atoms with Crippen molar-refractivity contribution in [3.05, 3.63) is 11.6 Å². The maximum atomic E-state index is 14.2. The summed E-state index contributed by atoms with van der Waals surface area (Å²) < 4.78 is 23.2. The minimum Gasteiger partial charge on any atom is -0.458 e. The van der Waals surface area contributed by atoms with Crippen LogP contribution < -0.4 is 0 Å². The van der Waals surface area contributed by atoms with Gasteiger partial charge >= 0.3 is 5.97 Å². The summed E-state index contributed by atoms with van der Waals surface area (Å²) in [6.45, 7) is 12.3. The molecule has 2 fully saturated rings. The minimum atomic E-state index is -1.36. The summed E-state index contributed by atoms with van der Waals surface area (Å²) in [6.07, 6.45) is 5.09. The van der Waals surface area contributed by atoms with Crippen molar-refractivity contribution < 1.29 is 38.1 Å². The second-order valence-corrected chi connectivity index (χ2v) is 13.9. The van der Waals surface area contributed by atoms with E-state index in [1.54, 1.807) is 21.0 Å². The Labute approximate surface area is 258 Å². The van der Waals surface area contributed by atoms with Crippen molar-refractivity contribution in [1.82, 2.24) is 4.90 Å². The number of hydrogen-bond donors (Lipinski definition) is 0. The summed E-state index contributed by atoms with van der Waals surface area (Å²) in [5, 5.41) is 0. The molecule has 1 heterocycles. The fourth-order valence-corrected chi connectivity index (χ4v) is 8.42. The number of nitrogens with zero attached hydrogens (tertiary/aromatic N) is 1. The van der Waals surface area contributed by atoms with Gasteiger partial charge in [0.15, 0.2) is 5.60 Å². The van der Waals surface area contributed by atoms with Crippen molar-refractivity contribution in [2.75, 3.05) is 27.3 Å². The van der Waals surface area contributed by atoms with Crippen LogP contribution in [0.3, 0.4) is 0 Å². The molecule has 1 saturated heterocycles. The third-order valence-corrected chi connectivity index (χ3v) is 10.5. The summed E-state index contributed by atoms with van der Waals surface area (Å²) in [5.41, 5.74) is -1.16. The summed E-state index contributed by atoms with van der Waals surface area (Å²) in [7, 11) is 3.50. The number of carbonyl (C=O) groups excluding carboxylic acids is 4. The molecule has 3 rings (SSSR count).